The summed E-state index contributed by atoms with van der Waals surface area (Å²) in [7, 11) is 0. The Kier molecular flexibility index (Phi) is 3.02. The summed E-state index contributed by atoms with van der Waals surface area (Å²) >= 11 is 5.92. The highest BCUT2D eigenvalue weighted by Crippen LogP contribution is 2.39. The van der Waals surface area contributed by atoms with Crippen LogP contribution in [0.2, 0.25) is 5.02 Å². The van der Waals surface area contributed by atoms with Gasteiger partial charge in [-0.05, 0) is 50.1 Å². The fourth-order valence-corrected chi connectivity index (χ4v) is 2.52. The van der Waals surface area contributed by atoms with Gasteiger partial charge in [0.1, 0.15) is 0 Å². The molecule has 3 rings (SSSR count). The van der Waals surface area contributed by atoms with E-state index in [-0.39, 0.29) is 11.8 Å². The monoisotopic (exact) mass is 277 g/mol. The van der Waals surface area contributed by atoms with Gasteiger partial charge >= 0.3 is 0 Å². The standard InChI is InChI=1S/C15H16ClNO2/c1-15(9-2-10-19-15)17(14(18)11-3-4-11)13-7-5-12(16)6-8-13/h2,5-8,10-11H,3-4,9H2,1H3. The predicted molar refractivity (Wildman–Crippen MR) is 74.9 cm³/mol. The van der Waals surface area contributed by atoms with Crippen molar-refractivity contribution < 1.29 is 9.53 Å². The zero-order chi connectivity index (χ0) is 13.5. The molecule has 4 heteroatoms. The Bertz CT molecular complexity index is 511. The molecule has 1 fully saturated rings. The predicted octanol–water partition coefficient (Wildman–Crippen LogP) is 3.73. The number of benzene rings is 1. The molecule has 3 nitrogen and oxygen atoms in total. The Hall–Kier alpha value is -1.48. The van der Waals surface area contributed by atoms with E-state index in [0.717, 1.165) is 18.5 Å². The normalized spacial score (nSPS) is 25.2. The van der Waals surface area contributed by atoms with E-state index in [1.165, 1.54) is 0 Å². The van der Waals surface area contributed by atoms with E-state index < -0.39 is 5.72 Å². The lowest BCUT2D eigenvalue weighted by molar-refractivity contribution is -0.123. The van der Waals surface area contributed by atoms with E-state index in [9.17, 15) is 4.79 Å². The summed E-state index contributed by atoms with van der Waals surface area (Å²) in [5.41, 5.74) is 0.223. The van der Waals surface area contributed by atoms with Gasteiger partial charge in [0.2, 0.25) is 5.91 Å². The summed E-state index contributed by atoms with van der Waals surface area (Å²) in [6.45, 7) is 1.95. The Morgan fingerprint density at radius 3 is 2.58 bits per heavy atom. The molecule has 1 atom stereocenters. The van der Waals surface area contributed by atoms with Gasteiger partial charge in [0.15, 0.2) is 5.72 Å². The molecule has 19 heavy (non-hydrogen) atoms. The quantitative estimate of drug-likeness (QED) is 0.842. The number of carbonyl (C=O) groups is 1. The summed E-state index contributed by atoms with van der Waals surface area (Å²) in [5, 5.41) is 0.665. The first kappa shape index (κ1) is 12.5. The fourth-order valence-electron chi connectivity index (χ4n) is 2.39. The molecule has 1 amide bonds. The molecule has 2 aliphatic rings. The first-order chi connectivity index (χ1) is 9.10. The number of nitrogens with zero attached hydrogens (tertiary/aromatic N) is 1. The third kappa shape index (κ3) is 2.35. The van der Waals surface area contributed by atoms with Gasteiger partial charge in [-0.25, -0.2) is 0 Å². The van der Waals surface area contributed by atoms with E-state index in [2.05, 4.69) is 0 Å². The Morgan fingerprint density at radius 1 is 1.37 bits per heavy atom. The molecule has 1 unspecified atom stereocenters. The van der Waals surface area contributed by atoms with Crippen molar-refractivity contribution in [2.75, 3.05) is 4.90 Å². The van der Waals surface area contributed by atoms with Crippen LogP contribution in [0.1, 0.15) is 26.2 Å². The molecule has 0 bridgehead atoms. The molecule has 1 heterocycles. The summed E-state index contributed by atoms with van der Waals surface area (Å²) in [4.78, 5) is 14.3. The van der Waals surface area contributed by atoms with Gasteiger partial charge in [0.05, 0.1) is 6.26 Å². The number of ether oxygens (including phenoxy) is 1. The molecule has 0 N–H and O–H groups in total. The van der Waals surface area contributed by atoms with Crippen LogP contribution >= 0.6 is 11.6 Å². The lowest BCUT2D eigenvalue weighted by atomic mass is 10.1. The minimum absolute atomic E-state index is 0.147. The minimum atomic E-state index is -0.618. The number of halogens is 1. The molecule has 0 aromatic heterocycles. The molecule has 0 spiro atoms. The van der Waals surface area contributed by atoms with Crippen LogP contribution < -0.4 is 4.90 Å². The number of hydrogen-bond acceptors (Lipinski definition) is 2. The average Bonchev–Trinajstić information content (AvgIpc) is 3.15. The Morgan fingerprint density at radius 2 is 2.05 bits per heavy atom. The van der Waals surface area contributed by atoms with Gasteiger partial charge in [-0.3, -0.25) is 9.69 Å². The number of hydrogen-bond donors (Lipinski definition) is 0. The molecule has 100 valence electrons. The second-order valence-corrected chi connectivity index (χ2v) is 5.73. The average molecular weight is 278 g/mol. The highest BCUT2D eigenvalue weighted by atomic mass is 35.5. The van der Waals surface area contributed by atoms with E-state index in [1.54, 1.807) is 23.3 Å². The Balaban J connectivity index is 1.95. The summed E-state index contributed by atoms with van der Waals surface area (Å²) in [6, 6.07) is 7.34. The van der Waals surface area contributed by atoms with E-state index in [1.807, 2.05) is 25.1 Å². The molecular formula is C15H16ClNO2. The van der Waals surface area contributed by atoms with Crippen molar-refractivity contribution >= 4 is 23.2 Å². The number of amides is 1. The molecule has 1 saturated carbocycles. The second-order valence-electron chi connectivity index (χ2n) is 5.29. The first-order valence-electron chi connectivity index (χ1n) is 6.53. The maximum absolute atomic E-state index is 12.6. The highest BCUT2D eigenvalue weighted by molar-refractivity contribution is 6.30. The van der Waals surface area contributed by atoms with E-state index >= 15 is 0 Å². The van der Waals surface area contributed by atoms with Crippen molar-refractivity contribution in [1.29, 1.82) is 0 Å². The van der Waals surface area contributed by atoms with Crippen LogP contribution in [0.4, 0.5) is 5.69 Å². The Labute approximate surface area is 117 Å². The van der Waals surface area contributed by atoms with Crippen molar-refractivity contribution in [3.05, 3.63) is 41.6 Å². The minimum Gasteiger partial charge on any atom is -0.475 e. The third-order valence-corrected chi connectivity index (χ3v) is 3.87. The molecule has 1 aliphatic heterocycles. The van der Waals surface area contributed by atoms with Crippen molar-refractivity contribution in [3.63, 3.8) is 0 Å². The molecule has 0 saturated heterocycles. The molecule has 0 radical (unpaired) electrons. The van der Waals surface area contributed by atoms with Crippen LogP contribution in [-0.2, 0) is 9.53 Å². The van der Waals surface area contributed by atoms with E-state index in [4.69, 9.17) is 16.3 Å². The summed E-state index contributed by atoms with van der Waals surface area (Å²) in [5.74, 6) is 0.297. The van der Waals surface area contributed by atoms with Crippen molar-refractivity contribution in [2.45, 2.75) is 31.9 Å². The van der Waals surface area contributed by atoms with Crippen LogP contribution in [0.15, 0.2) is 36.6 Å². The summed E-state index contributed by atoms with van der Waals surface area (Å²) < 4.78 is 5.68. The molecular weight excluding hydrogens is 262 g/mol. The number of rotatable bonds is 3. The first-order valence-corrected chi connectivity index (χ1v) is 6.90. The fraction of sp³-hybridized carbons (Fsp3) is 0.400. The van der Waals surface area contributed by atoms with Crippen molar-refractivity contribution in [1.82, 2.24) is 0 Å². The van der Waals surface area contributed by atoms with Gasteiger partial charge in [-0.15, -0.1) is 0 Å². The smallest absolute Gasteiger partial charge is 0.233 e. The van der Waals surface area contributed by atoms with Gasteiger partial charge < -0.3 is 4.74 Å². The van der Waals surface area contributed by atoms with Crippen LogP contribution in [0.25, 0.3) is 0 Å². The SMILES string of the molecule is CC1(N(C(=O)C2CC2)c2ccc(Cl)cc2)CC=CO1. The van der Waals surface area contributed by atoms with Crippen LogP contribution in [-0.4, -0.2) is 11.6 Å². The van der Waals surface area contributed by atoms with E-state index in [0.29, 0.717) is 11.4 Å². The lowest BCUT2D eigenvalue weighted by Gasteiger charge is -2.37. The van der Waals surface area contributed by atoms with Gasteiger partial charge in [0, 0.05) is 23.0 Å². The molecule has 1 aromatic rings. The largest absolute Gasteiger partial charge is 0.475 e. The highest BCUT2D eigenvalue weighted by Gasteiger charge is 2.44. The third-order valence-electron chi connectivity index (χ3n) is 3.62. The number of carbonyl (C=O) groups excluding carboxylic acids is 1. The van der Waals surface area contributed by atoms with Crippen LogP contribution in [0.3, 0.4) is 0 Å². The van der Waals surface area contributed by atoms with Gasteiger partial charge in [0.25, 0.3) is 0 Å². The van der Waals surface area contributed by atoms with Crippen LogP contribution in [0.5, 0.6) is 0 Å². The molecule has 1 aliphatic carbocycles. The van der Waals surface area contributed by atoms with Crippen molar-refractivity contribution in [3.8, 4) is 0 Å². The zero-order valence-corrected chi connectivity index (χ0v) is 11.6. The topological polar surface area (TPSA) is 29.5 Å². The second kappa shape index (κ2) is 4.57. The molecule has 1 aromatic carbocycles. The van der Waals surface area contributed by atoms with Gasteiger partial charge in [-0.1, -0.05) is 11.6 Å². The summed E-state index contributed by atoms with van der Waals surface area (Å²) in [6.07, 6.45) is 6.28. The van der Waals surface area contributed by atoms with Gasteiger partial charge in [-0.2, -0.15) is 0 Å². The van der Waals surface area contributed by atoms with Crippen molar-refractivity contribution in [2.24, 2.45) is 5.92 Å². The maximum Gasteiger partial charge on any atom is 0.233 e. The van der Waals surface area contributed by atoms with Crippen LogP contribution in [0, 0.1) is 5.92 Å². The number of anilines is 1. The maximum atomic E-state index is 12.6. The zero-order valence-electron chi connectivity index (χ0n) is 10.8. The lowest BCUT2D eigenvalue weighted by Crippen LogP contribution is -2.50.